The zero-order chi connectivity index (χ0) is 18.7. The minimum Gasteiger partial charge on any atom is -0.385 e. The smallest absolute Gasteiger partial charge is 0.0960 e. The van der Waals surface area contributed by atoms with E-state index in [-0.39, 0.29) is 18.0 Å². The number of nitrogens with one attached hydrogen (secondary N) is 1. The van der Waals surface area contributed by atoms with Gasteiger partial charge in [-0.25, -0.2) is 0 Å². The molecule has 3 aromatic rings. The molecule has 1 aliphatic heterocycles. The highest BCUT2D eigenvalue weighted by Gasteiger charge is 2.48. The summed E-state index contributed by atoms with van der Waals surface area (Å²) in [6.07, 6.45) is 1.57. The van der Waals surface area contributed by atoms with Gasteiger partial charge in [-0.05, 0) is 23.1 Å². The van der Waals surface area contributed by atoms with Gasteiger partial charge in [0.2, 0.25) is 0 Å². The maximum Gasteiger partial charge on any atom is 0.0960 e. The van der Waals surface area contributed by atoms with Crippen LogP contribution in [0.5, 0.6) is 0 Å². The number of hydrogen-bond donors (Lipinski definition) is 2. The van der Waals surface area contributed by atoms with E-state index in [2.05, 4.69) is 72.9 Å². The molecule has 0 bridgehead atoms. The lowest BCUT2D eigenvalue weighted by Crippen LogP contribution is -2.51. The van der Waals surface area contributed by atoms with Gasteiger partial charge in [-0.15, -0.1) is 0 Å². The van der Waals surface area contributed by atoms with Crippen LogP contribution in [0.25, 0.3) is 0 Å². The molecule has 4 rings (SSSR count). The first-order chi connectivity index (χ1) is 13.2. The number of benzene rings is 3. The van der Waals surface area contributed by atoms with Crippen molar-refractivity contribution in [1.29, 1.82) is 0 Å². The van der Waals surface area contributed by atoms with Crippen LogP contribution in [-0.4, -0.2) is 5.11 Å². The van der Waals surface area contributed by atoms with Crippen molar-refractivity contribution >= 4 is 0 Å². The molecule has 0 amide bonds. The normalized spacial score (nSPS) is 28.0. The molecule has 138 valence electrons. The molecule has 0 spiro atoms. The lowest BCUT2D eigenvalue weighted by atomic mass is 9.67. The Morgan fingerprint density at radius 3 is 1.89 bits per heavy atom. The molecule has 1 aliphatic rings. The Hall–Kier alpha value is -2.42. The van der Waals surface area contributed by atoms with Crippen molar-refractivity contribution < 1.29 is 5.11 Å². The summed E-state index contributed by atoms with van der Waals surface area (Å²) < 4.78 is 0. The molecule has 2 nitrogen and oxygen atoms in total. The van der Waals surface area contributed by atoms with E-state index < -0.39 is 5.60 Å². The van der Waals surface area contributed by atoms with Crippen LogP contribution in [0.2, 0.25) is 0 Å². The summed E-state index contributed by atoms with van der Waals surface area (Å²) in [5.41, 5.74) is 2.60. The summed E-state index contributed by atoms with van der Waals surface area (Å²) in [7, 11) is 0. The van der Waals surface area contributed by atoms with Gasteiger partial charge in [0.1, 0.15) is 0 Å². The molecule has 0 aromatic heterocycles. The molecule has 1 saturated heterocycles. The molecule has 1 heterocycles. The summed E-state index contributed by atoms with van der Waals surface area (Å²) in [6.45, 7) is 2.18. The van der Waals surface area contributed by atoms with Gasteiger partial charge < -0.3 is 10.4 Å². The van der Waals surface area contributed by atoms with Crippen molar-refractivity contribution in [3.8, 4) is 0 Å². The lowest BCUT2D eigenvalue weighted by Gasteiger charge is -2.49. The zero-order valence-electron chi connectivity index (χ0n) is 15.8. The molecule has 1 fully saturated rings. The van der Waals surface area contributed by atoms with Crippen LogP contribution in [0.1, 0.15) is 48.5 Å². The molecular weight excluding hydrogens is 330 g/mol. The van der Waals surface area contributed by atoms with Gasteiger partial charge in [0.05, 0.1) is 5.60 Å². The summed E-state index contributed by atoms with van der Waals surface area (Å²) in [4.78, 5) is 0. The van der Waals surface area contributed by atoms with Gasteiger partial charge in [0, 0.05) is 24.4 Å². The number of hydrogen-bond acceptors (Lipinski definition) is 2. The van der Waals surface area contributed by atoms with Gasteiger partial charge in [-0.3, -0.25) is 0 Å². The quantitative estimate of drug-likeness (QED) is 0.657. The molecule has 4 atom stereocenters. The van der Waals surface area contributed by atoms with E-state index in [9.17, 15) is 5.11 Å². The monoisotopic (exact) mass is 357 g/mol. The number of rotatable bonds is 4. The van der Waals surface area contributed by atoms with Gasteiger partial charge in [0.15, 0.2) is 0 Å². The predicted octanol–water partition coefficient (Wildman–Crippen LogP) is 5.38. The first-order valence-electron chi connectivity index (χ1n) is 9.86. The van der Waals surface area contributed by atoms with E-state index in [4.69, 9.17) is 0 Å². The van der Waals surface area contributed by atoms with E-state index in [1.807, 2.05) is 30.3 Å². The first kappa shape index (κ1) is 18.0. The summed E-state index contributed by atoms with van der Waals surface area (Å²) in [5, 5.41) is 15.9. The Kier molecular flexibility index (Phi) is 5.11. The highest BCUT2D eigenvalue weighted by molar-refractivity contribution is 5.32. The van der Waals surface area contributed by atoms with Crippen molar-refractivity contribution in [1.82, 2.24) is 5.32 Å². The van der Waals surface area contributed by atoms with Crippen LogP contribution in [0.3, 0.4) is 0 Å². The fourth-order valence-electron chi connectivity index (χ4n) is 4.65. The van der Waals surface area contributed by atoms with Gasteiger partial charge in [-0.1, -0.05) is 97.9 Å². The van der Waals surface area contributed by atoms with E-state index in [0.717, 1.165) is 12.0 Å². The van der Waals surface area contributed by atoms with E-state index in [1.54, 1.807) is 0 Å². The minimum absolute atomic E-state index is 0.0976. The Morgan fingerprint density at radius 2 is 1.33 bits per heavy atom. The Morgan fingerprint density at radius 1 is 0.815 bits per heavy atom. The van der Waals surface area contributed by atoms with Crippen molar-refractivity contribution in [2.45, 2.75) is 37.5 Å². The van der Waals surface area contributed by atoms with E-state index in [1.165, 1.54) is 11.1 Å². The third-order valence-electron chi connectivity index (χ3n) is 5.99. The average Bonchev–Trinajstić information content (AvgIpc) is 2.75. The van der Waals surface area contributed by atoms with Crippen LogP contribution in [0.15, 0.2) is 91.0 Å². The molecule has 0 aliphatic carbocycles. The fourth-order valence-corrected chi connectivity index (χ4v) is 4.65. The van der Waals surface area contributed by atoms with Gasteiger partial charge in [-0.2, -0.15) is 0 Å². The van der Waals surface area contributed by atoms with Crippen LogP contribution in [-0.2, 0) is 5.60 Å². The van der Waals surface area contributed by atoms with Crippen LogP contribution in [0.4, 0.5) is 0 Å². The standard InChI is InChI=1S/C25H27NO/c1-2-22-24(20-14-8-4-9-15-20)26-23(19-12-6-3-7-13-19)18-25(22,27)21-16-10-5-11-17-21/h3-17,22-24,26-27H,2,18H2,1H3/t22-,23-,24-,25-/m0/s1. The van der Waals surface area contributed by atoms with Crippen molar-refractivity contribution in [3.05, 3.63) is 108 Å². The van der Waals surface area contributed by atoms with Crippen molar-refractivity contribution in [3.63, 3.8) is 0 Å². The Bertz CT molecular complexity index is 849. The van der Waals surface area contributed by atoms with Crippen molar-refractivity contribution in [2.24, 2.45) is 5.92 Å². The fraction of sp³-hybridized carbons (Fsp3) is 0.280. The SMILES string of the molecule is CC[C@H]1[C@H](c2ccccc2)N[C@H](c2ccccc2)C[C@]1(O)c1ccccc1. The summed E-state index contributed by atoms with van der Waals surface area (Å²) >= 11 is 0. The molecular formula is C25H27NO. The highest BCUT2D eigenvalue weighted by Crippen LogP contribution is 2.49. The van der Waals surface area contributed by atoms with Gasteiger partial charge >= 0.3 is 0 Å². The zero-order valence-corrected chi connectivity index (χ0v) is 15.8. The lowest BCUT2D eigenvalue weighted by molar-refractivity contribution is -0.0830. The second-order valence-corrected chi connectivity index (χ2v) is 7.53. The van der Waals surface area contributed by atoms with E-state index >= 15 is 0 Å². The van der Waals surface area contributed by atoms with Gasteiger partial charge in [0.25, 0.3) is 0 Å². The molecule has 3 aromatic carbocycles. The third kappa shape index (κ3) is 3.43. The summed E-state index contributed by atoms with van der Waals surface area (Å²) in [5.74, 6) is 0.0993. The number of piperidine rings is 1. The van der Waals surface area contributed by atoms with Crippen LogP contribution < -0.4 is 5.32 Å². The largest absolute Gasteiger partial charge is 0.385 e. The first-order valence-corrected chi connectivity index (χ1v) is 9.86. The van der Waals surface area contributed by atoms with Crippen LogP contribution >= 0.6 is 0 Å². The highest BCUT2D eigenvalue weighted by atomic mass is 16.3. The second-order valence-electron chi connectivity index (χ2n) is 7.53. The molecule has 2 heteroatoms. The third-order valence-corrected chi connectivity index (χ3v) is 5.99. The average molecular weight is 357 g/mol. The van der Waals surface area contributed by atoms with Crippen molar-refractivity contribution in [2.75, 3.05) is 0 Å². The second kappa shape index (κ2) is 7.67. The van der Waals surface area contributed by atoms with E-state index in [0.29, 0.717) is 6.42 Å². The summed E-state index contributed by atoms with van der Waals surface area (Å²) in [6, 6.07) is 31.4. The minimum atomic E-state index is -0.873. The molecule has 27 heavy (non-hydrogen) atoms. The maximum atomic E-state index is 12.0. The molecule has 2 N–H and O–H groups in total. The number of aliphatic hydroxyl groups is 1. The molecule has 0 radical (unpaired) electrons. The Labute approximate surface area is 161 Å². The topological polar surface area (TPSA) is 32.3 Å². The Balaban J connectivity index is 1.81. The van der Waals surface area contributed by atoms with Crippen LogP contribution in [0, 0.1) is 5.92 Å². The molecule has 0 unspecified atom stereocenters. The maximum absolute atomic E-state index is 12.0. The predicted molar refractivity (Wildman–Crippen MR) is 110 cm³/mol. The molecule has 0 saturated carbocycles.